The molecule has 0 aliphatic carbocycles. The van der Waals surface area contributed by atoms with Crippen LogP contribution in [0, 0.1) is 13.8 Å². The first-order chi connectivity index (χ1) is 11.5. The van der Waals surface area contributed by atoms with E-state index in [-0.39, 0.29) is 6.04 Å². The molecular formula is C20H22BrNO2. The highest BCUT2D eigenvalue weighted by atomic mass is 79.9. The van der Waals surface area contributed by atoms with Gasteiger partial charge in [-0.15, -0.1) is 0 Å². The fourth-order valence-corrected chi connectivity index (χ4v) is 4.14. The third kappa shape index (κ3) is 3.26. The summed E-state index contributed by atoms with van der Waals surface area (Å²) in [5, 5.41) is 9.67. The molecule has 24 heavy (non-hydrogen) atoms. The Kier molecular flexibility index (Phi) is 5.07. The first-order valence-corrected chi connectivity index (χ1v) is 9.08. The van der Waals surface area contributed by atoms with Gasteiger partial charge in [0, 0.05) is 11.0 Å². The number of hydrogen-bond acceptors (Lipinski definition) is 2. The van der Waals surface area contributed by atoms with Gasteiger partial charge in [0.15, 0.2) is 0 Å². The lowest BCUT2D eigenvalue weighted by Gasteiger charge is -2.33. The molecule has 1 fully saturated rings. The van der Waals surface area contributed by atoms with E-state index in [0.717, 1.165) is 23.0 Å². The first-order valence-electron chi connectivity index (χ1n) is 8.29. The summed E-state index contributed by atoms with van der Waals surface area (Å²) in [6.07, 6.45) is 1.63. The Bertz CT molecular complexity index is 759. The predicted molar refractivity (Wildman–Crippen MR) is 99.3 cm³/mol. The molecule has 1 heterocycles. The maximum atomic E-state index is 11.8. The zero-order valence-electron chi connectivity index (χ0n) is 14.0. The molecule has 4 heteroatoms. The van der Waals surface area contributed by atoms with Crippen LogP contribution in [0.4, 0.5) is 0 Å². The molecule has 2 atom stereocenters. The van der Waals surface area contributed by atoms with Gasteiger partial charge in [0.25, 0.3) is 0 Å². The van der Waals surface area contributed by atoms with Gasteiger partial charge in [-0.25, -0.2) is 0 Å². The molecule has 0 saturated carbocycles. The summed E-state index contributed by atoms with van der Waals surface area (Å²) in [4.78, 5) is 13.9. The van der Waals surface area contributed by atoms with Crippen molar-refractivity contribution in [3.63, 3.8) is 0 Å². The maximum Gasteiger partial charge on any atom is 0.320 e. The Morgan fingerprint density at radius 1 is 1.21 bits per heavy atom. The Morgan fingerprint density at radius 2 is 1.96 bits per heavy atom. The van der Waals surface area contributed by atoms with Crippen LogP contribution >= 0.6 is 15.9 Å². The van der Waals surface area contributed by atoms with Crippen molar-refractivity contribution in [3.05, 3.63) is 69.2 Å². The van der Waals surface area contributed by atoms with Crippen molar-refractivity contribution < 1.29 is 9.90 Å². The van der Waals surface area contributed by atoms with Crippen molar-refractivity contribution in [1.29, 1.82) is 0 Å². The standard InChI is InChI=1S/C20H22BrNO2/c1-13-9-10-14(2)16(12-13)19(15-6-3-4-7-17(15)21)22-11-5-8-18(22)20(23)24/h3-4,6-7,9-10,12,18-19H,5,8,11H2,1-2H3,(H,23,24). The van der Waals surface area contributed by atoms with E-state index < -0.39 is 12.0 Å². The topological polar surface area (TPSA) is 40.5 Å². The summed E-state index contributed by atoms with van der Waals surface area (Å²) in [7, 11) is 0. The fraction of sp³-hybridized carbons (Fsp3) is 0.350. The summed E-state index contributed by atoms with van der Waals surface area (Å²) < 4.78 is 1.02. The number of rotatable bonds is 4. The SMILES string of the molecule is Cc1ccc(C)c(C(c2ccccc2Br)N2CCCC2C(=O)O)c1. The Labute approximate surface area is 151 Å². The minimum absolute atomic E-state index is 0.0518. The second kappa shape index (κ2) is 7.08. The first kappa shape index (κ1) is 17.2. The highest BCUT2D eigenvalue weighted by Crippen LogP contribution is 2.39. The lowest BCUT2D eigenvalue weighted by Crippen LogP contribution is -2.39. The average Bonchev–Trinajstić information content (AvgIpc) is 3.02. The summed E-state index contributed by atoms with van der Waals surface area (Å²) in [6, 6.07) is 14.1. The van der Waals surface area contributed by atoms with E-state index in [1.807, 2.05) is 18.2 Å². The van der Waals surface area contributed by atoms with Crippen LogP contribution in [-0.4, -0.2) is 28.6 Å². The summed E-state index contributed by atoms with van der Waals surface area (Å²) in [6.45, 7) is 4.99. The van der Waals surface area contributed by atoms with Crippen molar-refractivity contribution in [2.45, 2.75) is 38.8 Å². The number of aryl methyl sites for hydroxylation is 2. The van der Waals surface area contributed by atoms with Crippen molar-refractivity contribution in [2.75, 3.05) is 6.54 Å². The minimum atomic E-state index is -0.727. The van der Waals surface area contributed by atoms with Crippen molar-refractivity contribution in [1.82, 2.24) is 4.90 Å². The molecule has 126 valence electrons. The highest BCUT2D eigenvalue weighted by molar-refractivity contribution is 9.10. The molecule has 1 saturated heterocycles. The molecule has 1 N–H and O–H groups in total. The molecule has 3 nitrogen and oxygen atoms in total. The third-order valence-corrected chi connectivity index (χ3v) is 5.56. The van der Waals surface area contributed by atoms with E-state index in [4.69, 9.17) is 0 Å². The van der Waals surface area contributed by atoms with Gasteiger partial charge in [0.05, 0.1) is 6.04 Å². The zero-order valence-corrected chi connectivity index (χ0v) is 15.6. The minimum Gasteiger partial charge on any atom is -0.480 e. The van der Waals surface area contributed by atoms with Crippen LogP contribution in [0.1, 0.15) is 41.1 Å². The summed E-state index contributed by atoms with van der Waals surface area (Å²) >= 11 is 3.67. The van der Waals surface area contributed by atoms with Gasteiger partial charge < -0.3 is 5.11 Å². The van der Waals surface area contributed by atoms with E-state index >= 15 is 0 Å². The molecule has 0 radical (unpaired) electrons. The second-order valence-corrected chi connectivity index (χ2v) is 7.37. The molecule has 2 aromatic rings. The highest BCUT2D eigenvalue weighted by Gasteiger charge is 2.37. The Balaban J connectivity index is 2.16. The van der Waals surface area contributed by atoms with Crippen LogP contribution in [0.25, 0.3) is 0 Å². The number of hydrogen-bond donors (Lipinski definition) is 1. The lowest BCUT2D eigenvalue weighted by molar-refractivity contribution is -0.142. The van der Waals surface area contributed by atoms with Crippen LogP contribution in [-0.2, 0) is 4.79 Å². The van der Waals surface area contributed by atoms with Crippen molar-refractivity contribution in [3.8, 4) is 0 Å². The van der Waals surface area contributed by atoms with E-state index in [0.29, 0.717) is 6.42 Å². The number of nitrogens with zero attached hydrogens (tertiary/aromatic N) is 1. The summed E-state index contributed by atoms with van der Waals surface area (Å²) in [5.74, 6) is -0.727. The Hall–Kier alpha value is -1.65. The van der Waals surface area contributed by atoms with E-state index in [1.54, 1.807) is 0 Å². The van der Waals surface area contributed by atoms with Gasteiger partial charge in [-0.05, 0) is 49.4 Å². The average molecular weight is 388 g/mol. The fourth-order valence-electron chi connectivity index (χ4n) is 3.64. The van der Waals surface area contributed by atoms with Gasteiger partial charge in [-0.1, -0.05) is 57.9 Å². The lowest BCUT2D eigenvalue weighted by atomic mass is 9.91. The van der Waals surface area contributed by atoms with Gasteiger partial charge in [0.1, 0.15) is 6.04 Å². The van der Waals surface area contributed by atoms with Crippen molar-refractivity contribution >= 4 is 21.9 Å². The number of likely N-dealkylation sites (tertiary alicyclic amines) is 1. The van der Waals surface area contributed by atoms with Crippen LogP contribution in [0.15, 0.2) is 46.9 Å². The van der Waals surface area contributed by atoms with Gasteiger partial charge in [-0.3, -0.25) is 9.69 Å². The number of carboxylic acids is 1. The maximum absolute atomic E-state index is 11.8. The van der Waals surface area contributed by atoms with Crippen LogP contribution < -0.4 is 0 Å². The number of aliphatic carboxylic acids is 1. The van der Waals surface area contributed by atoms with Gasteiger partial charge in [0.2, 0.25) is 0 Å². The third-order valence-electron chi connectivity index (χ3n) is 4.84. The monoisotopic (exact) mass is 387 g/mol. The zero-order chi connectivity index (χ0) is 17.3. The molecule has 2 aromatic carbocycles. The number of benzene rings is 2. The van der Waals surface area contributed by atoms with Crippen LogP contribution in [0.3, 0.4) is 0 Å². The number of carboxylic acid groups (broad SMARTS) is 1. The molecule has 0 amide bonds. The molecule has 3 rings (SSSR count). The van der Waals surface area contributed by atoms with Gasteiger partial charge >= 0.3 is 5.97 Å². The smallest absolute Gasteiger partial charge is 0.320 e. The largest absolute Gasteiger partial charge is 0.480 e. The molecule has 1 aliphatic rings. The quantitative estimate of drug-likeness (QED) is 0.825. The molecule has 0 bridgehead atoms. The normalized spacial score (nSPS) is 19.4. The molecule has 0 aromatic heterocycles. The molecule has 1 aliphatic heterocycles. The number of halogens is 1. The predicted octanol–water partition coefficient (Wildman–Crippen LogP) is 4.70. The number of carbonyl (C=O) groups is 1. The van der Waals surface area contributed by atoms with Crippen LogP contribution in [0.5, 0.6) is 0 Å². The Morgan fingerprint density at radius 3 is 2.67 bits per heavy atom. The van der Waals surface area contributed by atoms with Crippen molar-refractivity contribution in [2.24, 2.45) is 0 Å². The van der Waals surface area contributed by atoms with E-state index in [1.165, 1.54) is 16.7 Å². The molecule has 0 spiro atoms. The molecule has 2 unspecified atom stereocenters. The van der Waals surface area contributed by atoms with E-state index in [9.17, 15) is 9.90 Å². The van der Waals surface area contributed by atoms with Crippen LogP contribution in [0.2, 0.25) is 0 Å². The summed E-state index contributed by atoms with van der Waals surface area (Å²) in [5.41, 5.74) is 4.70. The second-order valence-electron chi connectivity index (χ2n) is 6.52. The van der Waals surface area contributed by atoms with E-state index in [2.05, 4.69) is 58.9 Å². The van der Waals surface area contributed by atoms with Gasteiger partial charge in [-0.2, -0.15) is 0 Å². The molecular weight excluding hydrogens is 366 g/mol.